The number of ether oxygens (including phenoxy) is 3. The molecule has 30 heavy (non-hydrogen) atoms. The molecular weight excluding hydrogens is 384 g/mol. The molecule has 4 rings (SSSR count). The summed E-state index contributed by atoms with van der Waals surface area (Å²) >= 11 is 0. The van der Waals surface area contributed by atoms with Crippen molar-refractivity contribution in [3.05, 3.63) is 0 Å². The summed E-state index contributed by atoms with van der Waals surface area (Å²) in [6, 6.07) is 0. The Balaban J connectivity index is 1.11. The molecule has 6 atom stereocenters. The Bertz CT molecular complexity index is 514. The van der Waals surface area contributed by atoms with Gasteiger partial charge in [-0.3, -0.25) is 0 Å². The van der Waals surface area contributed by atoms with E-state index in [1.165, 1.54) is 64.2 Å². The second kappa shape index (κ2) is 10.6. The lowest BCUT2D eigenvalue weighted by Crippen LogP contribution is -2.42. The molecule has 174 valence electrons. The van der Waals surface area contributed by atoms with Crippen molar-refractivity contribution in [2.24, 2.45) is 23.7 Å². The van der Waals surface area contributed by atoms with E-state index in [4.69, 9.17) is 19.3 Å². The summed E-state index contributed by atoms with van der Waals surface area (Å²) in [7, 11) is 0. The zero-order chi connectivity index (χ0) is 21.1. The molecule has 2 saturated heterocycles. The number of aliphatic hydroxyl groups excluding tert-OH is 3. The summed E-state index contributed by atoms with van der Waals surface area (Å²) in [5.74, 6) is 3.13. The van der Waals surface area contributed by atoms with Crippen LogP contribution in [-0.2, 0) is 14.2 Å². The molecule has 0 aromatic carbocycles. The van der Waals surface area contributed by atoms with Crippen molar-refractivity contribution in [2.75, 3.05) is 6.61 Å². The van der Waals surface area contributed by atoms with E-state index in [1.54, 1.807) is 0 Å². The second-order valence-electron chi connectivity index (χ2n) is 10.5. The van der Waals surface area contributed by atoms with Crippen LogP contribution < -0.4 is 0 Å². The average Bonchev–Trinajstić information content (AvgIpc) is 3.32. The minimum absolute atomic E-state index is 0.323. The molecule has 6 nitrogen and oxygen atoms in total. The van der Waals surface area contributed by atoms with Gasteiger partial charge in [-0.15, -0.1) is 0 Å². The third-order valence-corrected chi connectivity index (χ3v) is 8.24. The van der Waals surface area contributed by atoms with Crippen molar-refractivity contribution in [1.82, 2.24) is 0 Å². The van der Waals surface area contributed by atoms with Gasteiger partial charge >= 0.3 is 0 Å². The highest BCUT2D eigenvalue weighted by molar-refractivity contribution is 4.95. The van der Waals surface area contributed by atoms with E-state index >= 15 is 0 Å². The lowest BCUT2D eigenvalue weighted by Gasteiger charge is -2.32. The summed E-state index contributed by atoms with van der Waals surface area (Å²) in [6.45, 7) is 1.95. The Morgan fingerprint density at radius 3 is 1.97 bits per heavy atom. The monoisotopic (exact) mass is 426 g/mol. The highest BCUT2D eigenvalue weighted by Gasteiger charge is 2.54. The standard InChI is InChI=1S/C24H42O6/c1-15-6-8-16(9-7-15)4-2-3-5-17-10-12-18(13-11-17)23-29-22-20(27)21(19(26)14-25)28-24(22)30-23/h15-27H,2-14H2,1H3. The van der Waals surface area contributed by atoms with Gasteiger partial charge in [0, 0.05) is 5.92 Å². The molecule has 2 heterocycles. The third-order valence-electron chi connectivity index (χ3n) is 8.24. The maximum Gasteiger partial charge on any atom is 0.190 e. The predicted molar refractivity (Wildman–Crippen MR) is 113 cm³/mol. The molecule has 0 aromatic rings. The molecular formula is C24H42O6. The lowest BCUT2D eigenvalue weighted by atomic mass is 9.78. The first-order chi connectivity index (χ1) is 14.5. The first-order valence-electron chi connectivity index (χ1n) is 12.5. The molecule has 0 radical (unpaired) electrons. The Hall–Kier alpha value is -0.240. The Morgan fingerprint density at radius 1 is 0.800 bits per heavy atom. The minimum atomic E-state index is -1.12. The van der Waals surface area contributed by atoms with E-state index in [-0.39, 0.29) is 6.29 Å². The number of hydrogen-bond donors (Lipinski definition) is 3. The normalized spacial score (nSPS) is 45.4. The fourth-order valence-electron chi connectivity index (χ4n) is 6.11. The van der Waals surface area contributed by atoms with Gasteiger partial charge in [-0.05, 0) is 43.4 Å². The van der Waals surface area contributed by atoms with Crippen LogP contribution >= 0.6 is 0 Å². The first kappa shape index (κ1) is 22.9. The van der Waals surface area contributed by atoms with Crippen molar-refractivity contribution in [2.45, 2.75) is 121 Å². The molecule has 4 fully saturated rings. The first-order valence-corrected chi connectivity index (χ1v) is 12.5. The van der Waals surface area contributed by atoms with Crippen molar-refractivity contribution in [3.8, 4) is 0 Å². The van der Waals surface area contributed by atoms with Crippen LogP contribution in [0.3, 0.4) is 0 Å². The third kappa shape index (κ3) is 5.38. The zero-order valence-electron chi connectivity index (χ0n) is 18.5. The smallest absolute Gasteiger partial charge is 0.190 e. The van der Waals surface area contributed by atoms with Crippen LogP contribution in [0.25, 0.3) is 0 Å². The molecule has 0 spiro atoms. The van der Waals surface area contributed by atoms with Gasteiger partial charge in [0.2, 0.25) is 0 Å². The minimum Gasteiger partial charge on any atom is -0.394 e. The predicted octanol–water partition coefficient (Wildman–Crippen LogP) is 3.36. The quantitative estimate of drug-likeness (QED) is 0.516. The number of unbranched alkanes of at least 4 members (excludes halogenated alkanes) is 1. The topological polar surface area (TPSA) is 88.4 Å². The summed E-state index contributed by atoms with van der Waals surface area (Å²) in [5, 5.41) is 29.2. The zero-order valence-corrected chi connectivity index (χ0v) is 18.5. The molecule has 0 bridgehead atoms. The molecule has 2 saturated carbocycles. The summed E-state index contributed by atoms with van der Waals surface area (Å²) < 4.78 is 17.5. The van der Waals surface area contributed by atoms with Crippen LogP contribution in [0.1, 0.15) is 84.0 Å². The van der Waals surface area contributed by atoms with E-state index in [1.807, 2.05) is 0 Å². The van der Waals surface area contributed by atoms with Crippen LogP contribution in [0.2, 0.25) is 0 Å². The van der Waals surface area contributed by atoms with Crippen LogP contribution in [0.15, 0.2) is 0 Å². The maximum absolute atomic E-state index is 10.3. The lowest BCUT2D eigenvalue weighted by molar-refractivity contribution is -0.206. The molecule has 6 unspecified atom stereocenters. The summed E-state index contributed by atoms with van der Waals surface area (Å²) in [6.07, 6.45) is 11.6. The van der Waals surface area contributed by atoms with Gasteiger partial charge in [0.05, 0.1) is 6.61 Å². The molecule has 0 aromatic heterocycles. The highest BCUT2D eigenvalue weighted by atomic mass is 16.8. The molecule has 0 amide bonds. The van der Waals surface area contributed by atoms with Gasteiger partial charge in [-0.2, -0.15) is 0 Å². The van der Waals surface area contributed by atoms with Crippen LogP contribution in [-0.4, -0.2) is 58.9 Å². The van der Waals surface area contributed by atoms with Crippen molar-refractivity contribution in [3.63, 3.8) is 0 Å². The van der Waals surface area contributed by atoms with E-state index in [0.29, 0.717) is 5.92 Å². The summed E-state index contributed by atoms with van der Waals surface area (Å²) in [5.41, 5.74) is 0. The van der Waals surface area contributed by atoms with Gasteiger partial charge in [0.1, 0.15) is 24.4 Å². The molecule has 4 aliphatic rings. The van der Waals surface area contributed by atoms with Gasteiger partial charge < -0.3 is 29.5 Å². The van der Waals surface area contributed by atoms with E-state index in [2.05, 4.69) is 6.92 Å². The summed E-state index contributed by atoms with van der Waals surface area (Å²) in [4.78, 5) is 0. The SMILES string of the molecule is CC1CCC(CCCCC2CCC(C3OC4OC(C(O)CO)C(O)C4O3)CC2)CC1. The van der Waals surface area contributed by atoms with Gasteiger partial charge in [0.25, 0.3) is 0 Å². The van der Waals surface area contributed by atoms with Crippen LogP contribution in [0.4, 0.5) is 0 Å². The fraction of sp³-hybridized carbons (Fsp3) is 1.00. The molecule has 3 N–H and O–H groups in total. The Labute approximate surface area is 181 Å². The van der Waals surface area contributed by atoms with Crippen molar-refractivity contribution in [1.29, 1.82) is 0 Å². The van der Waals surface area contributed by atoms with E-state index in [0.717, 1.165) is 30.6 Å². The largest absolute Gasteiger partial charge is 0.394 e. The van der Waals surface area contributed by atoms with Crippen LogP contribution in [0.5, 0.6) is 0 Å². The van der Waals surface area contributed by atoms with Crippen molar-refractivity contribution >= 4 is 0 Å². The Morgan fingerprint density at radius 2 is 1.40 bits per heavy atom. The van der Waals surface area contributed by atoms with E-state index in [9.17, 15) is 10.2 Å². The van der Waals surface area contributed by atoms with Gasteiger partial charge in [0.15, 0.2) is 12.6 Å². The fourth-order valence-corrected chi connectivity index (χ4v) is 6.11. The average molecular weight is 427 g/mol. The number of aliphatic hydroxyl groups is 3. The molecule has 2 aliphatic carbocycles. The van der Waals surface area contributed by atoms with Gasteiger partial charge in [-0.1, -0.05) is 58.3 Å². The maximum atomic E-state index is 10.3. The molecule has 6 heteroatoms. The number of hydrogen-bond acceptors (Lipinski definition) is 6. The number of rotatable bonds is 8. The number of fused-ring (bicyclic) bond motifs is 1. The van der Waals surface area contributed by atoms with Crippen LogP contribution in [0, 0.1) is 23.7 Å². The second-order valence-corrected chi connectivity index (χ2v) is 10.5. The highest BCUT2D eigenvalue weighted by Crippen LogP contribution is 2.41. The van der Waals surface area contributed by atoms with Gasteiger partial charge in [-0.25, -0.2) is 0 Å². The van der Waals surface area contributed by atoms with Crippen molar-refractivity contribution < 1.29 is 29.5 Å². The molecule has 2 aliphatic heterocycles. The Kier molecular flexibility index (Phi) is 8.09. The van der Waals surface area contributed by atoms with E-state index < -0.39 is 37.3 Å².